The van der Waals surface area contributed by atoms with Crippen molar-refractivity contribution in [2.75, 3.05) is 13.2 Å². The second kappa shape index (κ2) is 16.9. The Kier molecular flexibility index (Phi) is 20.4. The van der Waals surface area contributed by atoms with E-state index in [4.69, 9.17) is 4.74 Å². The molecule has 0 saturated heterocycles. The molecule has 0 aliphatic heterocycles. The molecule has 0 unspecified atom stereocenters. The summed E-state index contributed by atoms with van der Waals surface area (Å²) in [5.74, 6) is 0. The summed E-state index contributed by atoms with van der Waals surface area (Å²) in [6.45, 7) is 6.09. The Morgan fingerprint density at radius 3 is 0.895 bits per heavy atom. The van der Waals surface area contributed by atoms with Crippen molar-refractivity contribution in [3.8, 4) is 0 Å². The van der Waals surface area contributed by atoms with Crippen LogP contribution in [0.2, 0.25) is 0 Å². The fourth-order valence-electron chi connectivity index (χ4n) is 0.391. The van der Waals surface area contributed by atoms with Crippen molar-refractivity contribution in [3.63, 3.8) is 0 Å². The van der Waals surface area contributed by atoms with Crippen molar-refractivity contribution >= 4 is 0 Å². The lowest BCUT2D eigenvalue weighted by atomic mass is 10.5. The summed E-state index contributed by atoms with van der Waals surface area (Å²) in [5.41, 5.74) is 0. The maximum absolute atomic E-state index is 10.3. The Morgan fingerprint density at radius 2 is 0.789 bits per heavy atom. The molecule has 0 fully saturated rings. The topological polar surface area (TPSA) is 9.23 Å². The zero-order chi connectivity index (χ0) is 15.8. The summed E-state index contributed by atoms with van der Waals surface area (Å²) in [6.07, 6.45) is -9.35. The van der Waals surface area contributed by atoms with Crippen LogP contribution < -0.4 is 0 Å². The molecule has 0 bridgehead atoms. The molecule has 0 radical (unpaired) electrons. The zero-order valence-corrected chi connectivity index (χ0v) is 10.3. The minimum absolute atomic E-state index is 0.924. The van der Waals surface area contributed by atoms with Crippen LogP contribution >= 0.6 is 0 Å². The molecule has 0 aromatic heterocycles. The minimum Gasteiger partial charge on any atom is -0.381 e. The average Bonchev–Trinajstić information content (AvgIpc) is 2.31. The monoisotopic (exact) mass is 302 g/mol. The summed E-state index contributed by atoms with van der Waals surface area (Å²) < 4.78 is 87.4. The Labute approximate surface area is 105 Å². The van der Waals surface area contributed by atoms with Gasteiger partial charge in [-0.25, -0.2) is 0 Å². The first-order valence-electron chi connectivity index (χ1n) is 5.00. The van der Waals surface area contributed by atoms with E-state index in [1.165, 1.54) is 0 Å². The molecule has 0 saturated carbocycles. The molecule has 0 atom stereocenters. The lowest BCUT2D eigenvalue weighted by Gasteiger charge is -1.95. The van der Waals surface area contributed by atoms with Crippen LogP contribution in [0, 0.1) is 0 Å². The molecule has 0 aromatic rings. The Morgan fingerprint density at radius 1 is 0.579 bits per heavy atom. The summed E-state index contributed by atoms with van der Waals surface area (Å²) >= 11 is 0. The van der Waals surface area contributed by atoms with Crippen molar-refractivity contribution in [3.05, 3.63) is 24.3 Å². The van der Waals surface area contributed by atoms with E-state index < -0.39 is 24.3 Å². The molecule has 116 valence electrons. The van der Waals surface area contributed by atoms with Crippen LogP contribution in [-0.2, 0) is 4.74 Å². The first-order valence-corrected chi connectivity index (χ1v) is 5.00. The number of hydrogen-bond acceptors (Lipinski definition) is 1. The number of halogens is 8. The molecular formula is C10H14F8O. The van der Waals surface area contributed by atoms with Crippen LogP contribution in [0.15, 0.2) is 24.3 Å². The van der Waals surface area contributed by atoms with E-state index in [0.29, 0.717) is 0 Å². The maximum atomic E-state index is 10.3. The van der Waals surface area contributed by atoms with Crippen molar-refractivity contribution < 1.29 is 39.9 Å². The molecule has 0 amide bonds. The zero-order valence-electron chi connectivity index (χ0n) is 10.3. The van der Waals surface area contributed by atoms with Gasteiger partial charge < -0.3 is 4.74 Å². The van der Waals surface area contributed by atoms with Crippen molar-refractivity contribution in [2.45, 2.75) is 26.7 Å². The van der Waals surface area contributed by atoms with Gasteiger partial charge in [-0.2, -0.15) is 35.1 Å². The first kappa shape index (κ1) is 23.0. The fraction of sp³-hybridized carbons (Fsp3) is 0.600. The molecule has 9 heteroatoms. The molecule has 0 spiro atoms. The van der Waals surface area contributed by atoms with E-state index in [2.05, 4.69) is 13.8 Å². The van der Waals surface area contributed by atoms with E-state index in [1.807, 2.05) is 0 Å². The SMILES string of the molecule is CCCOCCC.FC(F)=C(F)F.FC(F)=C(F)F. The summed E-state index contributed by atoms with van der Waals surface area (Å²) in [4.78, 5) is 0. The van der Waals surface area contributed by atoms with Crippen LogP contribution in [-0.4, -0.2) is 13.2 Å². The van der Waals surface area contributed by atoms with Gasteiger partial charge in [0.25, 0.3) is 0 Å². The number of hydrogen-bond donors (Lipinski definition) is 0. The van der Waals surface area contributed by atoms with Gasteiger partial charge in [0.2, 0.25) is 0 Å². The second-order valence-corrected chi connectivity index (χ2v) is 2.65. The summed E-state index contributed by atoms with van der Waals surface area (Å²) in [6, 6.07) is 0. The van der Waals surface area contributed by atoms with Crippen LogP contribution in [0.1, 0.15) is 26.7 Å². The van der Waals surface area contributed by atoms with E-state index in [0.717, 1.165) is 26.1 Å². The second-order valence-electron chi connectivity index (χ2n) is 2.65. The maximum Gasteiger partial charge on any atom is 0.334 e. The number of ether oxygens (including phenoxy) is 1. The van der Waals surface area contributed by atoms with E-state index >= 15 is 0 Å². The lowest BCUT2D eigenvalue weighted by molar-refractivity contribution is 0.135. The van der Waals surface area contributed by atoms with Crippen LogP contribution in [0.5, 0.6) is 0 Å². The third-order valence-corrected chi connectivity index (χ3v) is 0.983. The molecule has 19 heavy (non-hydrogen) atoms. The van der Waals surface area contributed by atoms with E-state index in [1.54, 1.807) is 0 Å². The van der Waals surface area contributed by atoms with E-state index in [9.17, 15) is 35.1 Å². The summed E-state index contributed by atoms with van der Waals surface area (Å²) in [7, 11) is 0. The Bertz CT molecular complexity index is 202. The standard InChI is InChI=1S/C6H14O.2C2F4/c1-3-5-7-6-4-2;2*3-1(4)2(5)6/h3-6H2,1-2H3;;. The third-order valence-electron chi connectivity index (χ3n) is 0.983. The smallest absolute Gasteiger partial charge is 0.334 e. The molecule has 0 aromatic carbocycles. The number of rotatable bonds is 4. The van der Waals surface area contributed by atoms with Gasteiger partial charge in [0.1, 0.15) is 0 Å². The van der Waals surface area contributed by atoms with Gasteiger partial charge in [-0.1, -0.05) is 13.8 Å². The van der Waals surface area contributed by atoms with Crippen molar-refractivity contribution in [1.29, 1.82) is 0 Å². The lowest BCUT2D eigenvalue weighted by Crippen LogP contribution is -1.92. The quantitative estimate of drug-likeness (QED) is 0.470. The van der Waals surface area contributed by atoms with Gasteiger partial charge in [0.05, 0.1) is 0 Å². The van der Waals surface area contributed by atoms with Crippen LogP contribution in [0.3, 0.4) is 0 Å². The Hall–Kier alpha value is -1.12. The van der Waals surface area contributed by atoms with Gasteiger partial charge in [0, 0.05) is 13.2 Å². The predicted molar refractivity (Wildman–Crippen MR) is 54.3 cm³/mol. The highest BCUT2D eigenvalue weighted by Crippen LogP contribution is 2.08. The average molecular weight is 302 g/mol. The van der Waals surface area contributed by atoms with Crippen LogP contribution in [0.25, 0.3) is 0 Å². The largest absolute Gasteiger partial charge is 0.381 e. The molecular weight excluding hydrogens is 288 g/mol. The molecule has 0 heterocycles. The van der Waals surface area contributed by atoms with E-state index in [-0.39, 0.29) is 0 Å². The van der Waals surface area contributed by atoms with Gasteiger partial charge in [-0.15, -0.1) is 0 Å². The highest BCUT2D eigenvalue weighted by Gasteiger charge is 1.98. The summed E-state index contributed by atoms with van der Waals surface area (Å²) in [5, 5.41) is 0. The molecule has 0 rings (SSSR count). The fourth-order valence-corrected chi connectivity index (χ4v) is 0.391. The Balaban J connectivity index is -0.000000203. The molecule has 0 N–H and O–H groups in total. The first-order chi connectivity index (χ1) is 8.70. The van der Waals surface area contributed by atoms with Crippen molar-refractivity contribution in [1.82, 2.24) is 0 Å². The predicted octanol–water partition coefficient (Wildman–Crippen LogP) is 5.81. The molecule has 1 nitrogen and oxygen atoms in total. The minimum atomic E-state index is -2.91. The van der Waals surface area contributed by atoms with Crippen molar-refractivity contribution in [2.24, 2.45) is 0 Å². The normalized spacial score (nSPS) is 8.53. The highest BCUT2D eigenvalue weighted by molar-refractivity contribution is 4.77. The highest BCUT2D eigenvalue weighted by atomic mass is 19.3. The third kappa shape index (κ3) is 31.6. The van der Waals surface area contributed by atoms with Crippen LogP contribution in [0.4, 0.5) is 35.1 Å². The molecule has 0 aliphatic rings. The van der Waals surface area contributed by atoms with Gasteiger partial charge in [-0.05, 0) is 12.8 Å². The van der Waals surface area contributed by atoms with Gasteiger partial charge in [-0.3, -0.25) is 0 Å². The molecule has 0 aliphatic carbocycles. The van der Waals surface area contributed by atoms with Gasteiger partial charge in [0.15, 0.2) is 0 Å². The van der Waals surface area contributed by atoms with Gasteiger partial charge >= 0.3 is 24.3 Å².